The monoisotopic (exact) mass is 210 g/mol. The zero-order valence-corrected chi connectivity index (χ0v) is 9.40. The highest BCUT2D eigenvalue weighted by Crippen LogP contribution is 2.14. The lowest BCUT2D eigenvalue weighted by Crippen LogP contribution is -2.47. The standard InChI is InChI=1S/C11H18N2O2/c1-3-9(4-2)11(14)13-5-6-15-10(7-12)8-13/h9-10H,3-6,8H2,1-2H3. The van der Waals surface area contributed by atoms with Crippen molar-refractivity contribution in [3.8, 4) is 6.07 Å². The zero-order chi connectivity index (χ0) is 11.3. The minimum absolute atomic E-state index is 0.0995. The van der Waals surface area contributed by atoms with Gasteiger partial charge in [0.25, 0.3) is 0 Å². The van der Waals surface area contributed by atoms with Gasteiger partial charge >= 0.3 is 0 Å². The molecule has 0 saturated carbocycles. The van der Waals surface area contributed by atoms with Crippen molar-refractivity contribution in [2.24, 2.45) is 5.92 Å². The number of hydrogen-bond acceptors (Lipinski definition) is 3. The molecule has 0 bridgehead atoms. The number of carbonyl (C=O) groups is 1. The van der Waals surface area contributed by atoms with Gasteiger partial charge < -0.3 is 9.64 Å². The summed E-state index contributed by atoms with van der Waals surface area (Å²) in [5.74, 6) is 0.269. The first kappa shape index (κ1) is 12.0. The van der Waals surface area contributed by atoms with Crippen molar-refractivity contribution in [2.45, 2.75) is 32.8 Å². The maximum atomic E-state index is 12.0. The average molecular weight is 210 g/mol. The van der Waals surface area contributed by atoms with E-state index in [1.54, 1.807) is 4.90 Å². The maximum absolute atomic E-state index is 12.0. The summed E-state index contributed by atoms with van der Waals surface area (Å²) in [4.78, 5) is 13.7. The summed E-state index contributed by atoms with van der Waals surface area (Å²) in [6.07, 6.45) is 1.28. The summed E-state index contributed by atoms with van der Waals surface area (Å²) in [5, 5.41) is 8.73. The smallest absolute Gasteiger partial charge is 0.225 e. The van der Waals surface area contributed by atoms with Gasteiger partial charge in [0.05, 0.1) is 19.2 Å². The van der Waals surface area contributed by atoms with Crippen LogP contribution >= 0.6 is 0 Å². The molecule has 0 N–H and O–H groups in total. The summed E-state index contributed by atoms with van der Waals surface area (Å²) in [6, 6.07) is 2.05. The molecule has 1 rings (SSSR count). The average Bonchev–Trinajstić information content (AvgIpc) is 2.30. The molecule has 0 aromatic heterocycles. The van der Waals surface area contributed by atoms with Crippen molar-refractivity contribution < 1.29 is 9.53 Å². The van der Waals surface area contributed by atoms with E-state index in [2.05, 4.69) is 0 Å². The van der Waals surface area contributed by atoms with Crippen LogP contribution in [-0.2, 0) is 9.53 Å². The molecule has 1 unspecified atom stereocenters. The fraction of sp³-hybridized carbons (Fsp3) is 0.818. The van der Waals surface area contributed by atoms with E-state index in [-0.39, 0.29) is 11.8 Å². The highest BCUT2D eigenvalue weighted by Gasteiger charge is 2.27. The first-order valence-corrected chi connectivity index (χ1v) is 5.52. The quantitative estimate of drug-likeness (QED) is 0.702. The number of amides is 1. The predicted octanol–water partition coefficient (Wildman–Crippen LogP) is 1.17. The van der Waals surface area contributed by atoms with Gasteiger partial charge in [-0.3, -0.25) is 4.79 Å². The van der Waals surface area contributed by atoms with Crippen molar-refractivity contribution in [3.63, 3.8) is 0 Å². The Morgan fingerprint density at radius 3 is 2.80 bits per heavy atom. The molecule has 1 aliphatic rings. The highest BCUT2D eigenvalue weighted by molar-refractivity contribution is 5.78. The minimum atomic E-state index is -0.447. The highest BCUT2D eigenvalue weighted by atomic mass is 16.5. The van der Waals surface area contributed by atoms with E-state index < -0.39 is 6.10 Å². The third-order valence-corrected chi connectivity index (χ3v) is 2.86. The molecule has 1 amide bonds. The number of morpholine rings is 1. The van der Waals surface area contributed by atoms with E-state index in [4.69, 9.17) is 10.00 Å². The Balaban J connectivity index is 2.56. The lowest BCUT2D eigenvalue weighted by molar-refractivity contribution is -0.141. The van der Waals surface area contributed by atoms with Gasteiger partial charge in [0, 0.05) is 12.5 Å². The zero-order valence-electron chi connectivity index (χ0n) is 9.40. The summed E-state index contributed by atoms with van der Waals surface area (Å²) < 4.78 is 5.20. The van der Waals surface area contributed by atoms with Crippen LogP contribution in [-0.4, -0.2) is 36.6 Å². The molecule has 1 aliphatic heterocycles. The number of rotatable bonds is 3. The van der Waals surface area contributed by atoms with E-state index in [0.717, 1.165) is 12.8 Å². The van der Waals surface area contributed by atoms with Crippen LogP contribution in [0.1, 0.15) is 26.7 Å². The van der Waals surface area contributed by atoms with Crippen molar-refractivity contribution in [2.75, 3.05) is 19.7 Å². The number of carbonyl (C=O) groups excluding carboxylic acids is 1. The Labute approximate surface area is 90.8 Å². The van der Waals surface area contributed by atoms with E-state index >= 15 is 0 Å². The van der Waals surface area contributed by atoms with Crippen LogP contribution in [0.5, 0.6) is 0 Å². The number of ether oxygens (including phenoxy) is 1. The van der Waals surface area contributed by atoms with Crippen LogP contribution in [0.4, 0.5) is 0 Å². The van der Waals surface area contributed by atoms with Gasteiger partial charge in [0.1, 0.15) is 0 Å². The molecule has 0 spiro atoms. The Kier molecular flexibility index (Phi) is 4.57. The van der Waals surface area contributed by atoms with E-state index in [1.165, 1.54) is 0 Å². The Morgan fingerprint density at radius 1 is 1.60 bits per heavy atom. The summed E-state index contributed by atoms with van der Waals surface area (Å²) >= 11 is 0. The number of nitriles is 1. The van der Waals surface area contributed by atoms with Crippen LogP contribution in [0.2, 0.25) is 0 Å². The van der Waals surface area contributed by atoms with E-state index in [1.807, 2.05) is 19.9 Å². The van der Waals surface area contributed by atoms with Gasteiger partial charge in [0.2, 0.25) is 5.91 Å². The normalized spacial score (nSPS) is 21.5. The molecular weight excluding hydrogens is 192 g/mol. The SMILES string of the molecule is CCC(CC)C(=O)N1CCOC(C#N)C1. The first-order valence-electron chi connectivity index (χ1n) is 5.52. The minimum Gasteiger partial charge on any atom is -0.360 e. The lowest BCUT2D eigenvalue weighted by Gasteiger charge is -2.32. The van der Waals surface area contributed by atoms with Crippen LogP contribution in [0.25, 0.3) is 0 Å². The van der Waals surface area contributed by atoms with Crippen molar-refractivity contribution in [3.05, 3.63) is 0 Å². The lowest BCUT2D eigenvalue weighted by atomic mass is 10.0. The van der Waals surface area contributed by atoms with Crippen molar-refractivity contribution in [1.82, 2.24) is 4.90 Å². The predicted molar refractivity (Wildman–Crippen MR) is 56.0 cm³/mol. The van der Waals surface area contributed by atoms with E-state index in [9.17, 15) is 4.79 Å². The van der Waals surface area contributed by atoms with Crippen LogP contribution in [0.3, 0.4) is 0 Å². The molecule has 84 valence electrons. The number of nitrogens with zero attached hydrogens (tertiary/aromatic N) is 2. The third-order valence-electron chi connectivity index (χ3n) is 2.86. The molecule has 1 fully saturated rings. The van der Waals surface area contributed by atoms with Crippen molar-refractivity contribution in [1.29, 1.82) is 5.26 Å². The fourth-order valence-electron chi connectivity index (χ4n) is 1.82. The van der Waals surface area contributed by atoms with E-state index in [0.29, 0.717) is 19.7 Å². The number of hydrogen-bond donors (Lipinski definition) is 0. The fourth-order valence-corrected chi connectivity index (χ4v) is 1.82. The molecule has 1 atom stereocenters. The molecule has 1 saturated heterocycles. The molecule has 15 heavy (non-hydrogen) atoms. The van der Waals surface area contributed by atoms with Gasteiger partial charge in [-0.1, -0.05) is 13.8 Å². The summed E-state index contributed by atoms with van der Waals surface area (Å²) in [6.45, 7) is 5.56. The van der Waals surface area contributed by atoms with Crippen LogP contribution < -0.4 is 0 Å². The van der Waals surface area contributed by atoms with Crippen molar-refractivity contribution >= 4 is 5.91 Å². The second-order valence-corrected chi connectivity index (χ2v) is 3.79. The van der Waals surface area contributed by atoms with Gasteiger partial charge in [-0.15, -0.1) is 0 Å². The molecule has 4 nitrogen and oxygen atoms in total. The Bertz CT molecular complexity index is 256. The van der Waals surface area contributed by atoms with Crippen LogP contribution in [0.15, 0.2) is 0 Å². The molecule has 1 heterocycles. The second-order valence-electron chi connectivity index (χ2n) is 3.79. The Hall–Kier alpha value is -1.08. The third kappa shape index (κ3) is 2.93. The first-order chi connectivity index (χ1) is 7.22. The molecule has 0 aromatic carbocycles. The summed E-state index contributed by atoms with van der Waals surface area (Å²) in [7, 11) is 0. The topological polar surface area (TPSA) is 53.3 Å². The molecule has 4 heteroatoms. The Morgan fingerprint density at radius 2 is 2.27 bits per heavy atom. The largest absolute Gasteiger partial charge is 0.360 e. The summed E-state index contributed by atoms with van der Waals surface area (Å²) in [5.41, 5.74) is 0. The van der Waals surface area contributed by atoms with Gasteiger partial charge in [0.15, 0.2) is 6.10 Å². The maximum Gasteiger partial charge on any atom is 0.225 e. The van der Waals surface area contributed by atoms with Gasteiger partial charge in [-0.25, -0.2) is 0 Å². The van der Waals surface area contributed by atoms with Gasteiger partial charge in [-0.05, 0) is 12.8 Å². The molecule has 0 radical (unpaired) electrons. The molecule has 0 aliphatic carbocycles. The van der Waals surface area contributed by atoms with Gasteiger partial charge in [-0.2, -0.15) is 5.26 Å². The van der Waals surface area contributed by atoms with Crippen LogP contribution in [0, 0.1) is 17.2 Å². The molecular formula is C11H18N2O2. The second kappa shape index (κ2) is 5.72. The molecule has 0 aromatic rings.